The first-order valence-corrected chi connectivity index (χ1v) is 6.19. The molecule has 0 fully saturated rings. The summed E-state index contributed by atoms with van der Waals surface area (Å²) in [7, 11) is 3.21. The Balaban J connectivity index is 2.01. The van der Waals surface area contributed by atoms with E-state index in [0.717, 1.165) is 10.9 Å². The standard InChI is InChI=1S/C15H12N4O2/c1-20-11-5-10(6-12(7-11)21-2)3-4-14-13-8-16-9-17-15(13)19-18-14/h5-9H,1-2H3,(H,16,17,18,19). The van der Waals surface area contributed by atoms with E-state index in [1.807, 2.05) is 12.1 Å². The van der Waals surface area contributed by atoms with Crippen molar-refractivity contribution in [1.82, 2.24) is 20.2 Å². The molecule has 21 heavy (non-hydrogen) atoms. The Morgan fingerprint density at radius 1 is 1.05 bits per heavy atom. The second kappa shape index (κ2) is 5.51. The van der Waals surface area contributed by atoms with Crippen molar-refractivity contribution in [3.05, 3.63) is 42.0 Å². The molecule has 2 aromatic heterocycles. The maximum Gasteiger partial charge on any atom is 0.185 e. The summed E-state index contributed by atoms with van der Waals surface area (Å²) < 4.78 is 10.4. The van der Waals surface area contributed by atoms with Gasteiger partial charge >= 0.3 is 0 Å². The van der Waals surface area contributed by atoms with E-state index < -0.39 is 0 Å². The molecule has 0 saturated carbocycles. The van der Waals surface area contributed by atoms with Crippen LogP contribution in [0.3, 0.4) is 0 Å². The lowest BCUT2D eigenvalue weighted by Gasteiger charge is -2.04. The molecule has 3 aromatic rings. The molecule has 0 aliphatic heterocycles. The molecular formula is C15H12N4O2. The topological polar surface area (TPSA) is 72.9 Å². The van der Waals surface area contributed by atoms with Gasteiger partial charge < -0.3 is 9.47 Å². The number of benzene rings is 1. The number of ether oxygens (including phenoxy) is 2. The Labute approximate surface area is 121 Å². The van der Waals surface area contributed by atoms with Crippen LogP contribution in [-0.2, 0) is 0 Å². The van der Waals surface area contributed by atoms with Gasteiger partial charge in [0.1, 0.15) is 23.5 Å². The molecule has 0 atom stereocenters. The lowest BCUT2D eigenvalue weighted by Crippen LogP contribution is -1.88. The minimum absolute atomic E-state index is 0.595. The van der Waals surface area contributed by atoms with Gasteiger partial charge in [0.15, 0.2) is 5.65 Å². The third kappa shape index (κ3) is 2.62. The third-order valence-electron chi connectivity index (χ3n) is 2.92. The molecular weight excluding hydrogens is 268 g/mol. The van der Waals surface area contributed by atoms with Crippen LogP contribution in [0.5, 0.6) is 11.5 Å². The first-order valence-electron chi connectivity index (χ1n) is 6.19. The van der Waals surface area contributed by atoms with E-state index in [4.69, 9.17) is 9.47 Å². The summed E-state index contributed by atoms with van der Waals surface area (Å²) in [5.74, 6) is 7.46. The van der Waals surface area contributed by atoms with Gasteiger partial charge in [-0.15, -0.1) is 0 Å². The van der Waals surface area contributed by atoms with Crippen LogP contribution >= 0.6 is 0 Å². The van der Waals surface area contributed by atoms with E-state index in [1.165, 1.54) is 6.33 Å². The fourth-order valence-corrected chi connectivity index (χ4v) is 1.87. The zero-order valence-electron chi connectivity index (χ0n) is 11.5. The molecule has 1 N–H and O–H groups in total. The zero-order valence-corrected chi connectivity index (χ0v) is 11.5. The molecule has 0 aliphatic rings. The van der Waals surface area contributed by atoms with Gasteiger partial charge in [-0.1, -0.05) is 5.92 Å². The molecule has 6 heteroatoms. The molecule has 104 valence electrons. The highest BCUT2D eigenvalue weighted by atomic mass is 16.5. The Morgan fingerprint density at radius 2 is 1.81 bits per heavy atom. The maximum absolute atomic E-state index is 5.22. The van der Waals surface area contributed by atoms with Gasteiger partial charge in [0.2, 0.25) is 0 Å². The van der Waals surface area contributed by atoms with Crippen LogP contribution in [0.2, 0.25) is 0 Å². The van der Waals surface area contributed by atoms with Crippen molar-refractivity contribution in [3.63, 3.8) is 0 Å². The largest absolute Gasteiger partial charge is 0.497 e. The number of nitrogens with one attached hydrogen (secondary N) is 1. The van der Waals surface area contributed by atoms with Gasteiger partial charge in [0.05, 0.1) is 19.6 Å². The quantitative estimate of drug-likeness (QED) is 0.724. The van der Waals surface area contributed by atoms with E-state index in [-0.39, 0.29) is 0 Å². The van der Waals surface area contributed by atoms with Gasteiger partial charge in [-0.25, -0.2) is 9.97 Å². The summed E-state index contributed by atoms with van der Waals surface area (Å²) in [5, 5.41) is 7.71. The highest BCUT2D eigenvalue weighted by Gasteiger charge is 2.03. The van der Waals surface area contributed by atoms with Crippen molar-refractivity contribution >= 4 is 11.0 Å². The molecule has 2 heterocycles. The molecule has 1 aromatic carbocycles. The summed E-state index contributed by atoms with van der Waals surface area (Å²) in [6.45, 7) is 0. The highest BCUT2D eigenvalue weighted by molar-refractivity contribution is 5.79. The smallest absolute Gasteiger partial charge is 0.185 e. The number of aromatic amines is 1. The second-order valence-corrected chi connectivity index (χ2v) is 4.21. The van der Waals surface area contributed by atoms with Crippen LogP contribution in [0.25, 0.3) is 11.0 Å². The molecule has 6 nitrogen and oxygen atoms in total. The number of nitrogens with zero attached hydrogens (tertiary/aromatic N) is 3. The van der Waals surface area contributed by atoms with Crippen LogP contribution in [0.15, 0.2) is 30.7 Å². The maximum atomic E-state index is 5.22. The molecule has 0 radical (unpaired) electrons. The van der Waals surface area contributed by atoms with Gasteiger partial charge in [-0.3, -0.25) is 5.10 Å². The fraction of sp³-hybridized carbons (Fsp3) is 0.133. The van der Waals surface area contributed by atoms with E-state index in [1.54, 1.807) is 26.5 Å². The first kappa shape index (κ1) is 12.9. The Hall–Kier alpha value is -3.07. The van der Waals surface area contributed by atoms with Gasteiger partial charge in [-0.2, -0.15) is 5.10 Å². The molecule has 3 rings (SSSR count). The van der Waals surface area contributed by atoms with E-state index in [0.29, 0.717) is 22.8 Å². The first-order chi connectivity index (χ1) is 10.3. The normalized spacial score (nSPS) is 10.0. The minimum Gasteiger partial charge on any atom is -0.497 e. The summed E-state index contributed by atoms with van der Waals surface area (Å²) in [5.41, 5.74) is 2.05. The molecule has 0 unspecified atom stereocenters. The number of fused-ring (bicyclic) bond motifs is 1. The predicted octanol–water partition coefficient (Wildman–Crippen LogP) is 1.77. The van der Waals surface area contributed by atoms with Crippen molar-refractivity contribution in [2.24, 2.45) is 0 Å². The van der Waals surface area contributed by atoms with Gasteiger partial charge in [-0.05, 0) is 18.1 Å². The van der Waals surface area contributed by atoms with Crippen LogP contribution in [0.4, 0.5) is 0 Å². The van der Waals surface area contributed by atoms with Crippen molar-refractivity contribution in [2.75, 3.05) is 14.2 Å². The summed E-state index contributed by atoms with van der Waals surface area (Å²) in [6, 6.07) is 5.47. The zero-order chi connectivity index (χ0) is 14.7. The van der Waals surface area contributed by atoms with Crippen molar-refractivity contribution < 1.29 is 9.47 Å². The van der Waals surface area contributed by atoms with Gasteiger partial charge in [0, 0.05) is 17.8 Å². The number of H-pyrrole nitrogens is 1. The highest BCUT2D eigenvalue weighted by Crippen LogP contribution is 2.22. The number of methoxy groups -OCH3 is 2. The van der Waals surface area contributed by atoms with Crippen LogP contribution in [-0.4, -0.2) is 34.4 Å². The number of aromatic nitrogens is 4. The number of hydrogen-bond acceptors (Lipinski definition) is 5. The molecule has 0 spiro atoms. The molecule has 0 aliphatic carbocycles. The van der Waals surface area contributed by atoms with Crippen molar-refractivity contribution in [3.8, 4) is 23.3 Å². The minimum atomic E-state index is 0.595. The number of rotatable bonds is 2. The molecule has 0 bridgehead atoms. The average Bonchev–Trinajstić information content (AvgIpc) is 2.95. The van der Waals surface area contributed by atoms with Crippen molar-refractivity contribution in [1.29, 1.82) is 0 Å². The summed E-state index contributed by atoms with van der Waals surface area (Å²) in [6.07, 6.45) is 3.13. The summed E-state index contributed by atoms with van der Waals surface area (Å²) in [4.78, 5) is 8.03. The SMILES string of the molecule is COc1cc(C#Cc2[nH]nc3ncncc23)cc(OC)c1. The van der Waals surface area contributed by atoms with E-state index in [9.17, 15) is 0 Å². The van der Waals surface area contributed by atoms with E-state index >= 15 is 0 Å². The Kier molecular flexibility index (Phi) is 3.39. The predicted molar refractivity (Wildman–Crippen MR) is 77.2 cm³/mol. The average molecular weight is 280 g/mol. The monoisotopic (exact) mass is 280 g/mol. The summed E-state index contributed by atoms with van der Waals surface area (Å²) >= 11 is 0. The van der Waals surface area contributed by atoms with Crippen molar-refractivity contribution in [2.45, 2.75) is 0 Å². The third-order valence-corrected chi connectivity index (χ3v) is 2.92. The molecule has 0 saturated heterocycles. The Bertz CT molecular complexity index is 823. The Morgan fingerprint density at radius 3 is 2.52 bits per heavy atom. The van der Waals surface area contributed by atoms with E-state index in [2.05, 4.69) is 32.0 Å². The van der Waals surface area contributed by atoms with Gasteiger partial charge in [0.25, 0.3) is 0 Å². The second-order valence-electron chi connectivity index (χ2n) is 4.21. The van der Waals surface area contributed by atoms with Crippen LogP contribution in [0.1, 0.15) is 11.3 Å². The van der Waals surface area contributed by atoms with Crippen LogP contribution < -0.4 is 9.47 Å². The lowest BCUT2D eigenvalue weighted by molar-refractivity contribution is 0.394. The lowest BCUT2D eigenvalue weighted by atomic mass is 10.2. The van der Waals surface area contributed by atoms with Crippen LogP contribution in [0, 0.1) is 11.8 Å². The number of hydrogen-bond donors (Lipinski definition) is 1. The fourth-order valence-electron chi connectivity index (χ4n) is 1.87. The molecule has 0 amide bonds.